The number of nitrogens with zero attached hydrogens (tertiary/aromatic N) is 1. The Balaban J connectivity index is 4.20. The van der Waals surface area contributed by atoms with Gasteiger partial charge in [0, 0.05) is 12.1 Å². The summed E-state index contributed by atoms with van der Waals surface area (Å²) in [7, 11) is 0. The van der Waals surface area contributed by atoms with Crippen LogP contribution in [0.4, 0.5) is 0 Å². The standard InChI is InChI=1S/C9H18NO/c1-7(2)10(8(3)4)9(5)6-11/h7-9H,1-5H3. The molecule has 0 aliphatic rings. The van der Waals surface area contributed by atoms with Gasteiger partial charge in [-0.15, -0.1) is 0 Å². The molecular formula is C9H18NO. The molecule has 0 spiro atoms. The van der Waals surface area contributed by atoms with Gasteiger partial charge in [0.15, 0.2) is 0 Å². The van der Waals surface area contributed by atoms with Gasteiger partial charge in [-0.05, 0) is 34.6 Å². The molecule has 0 saturated carbocycles. The van der Waals surface area contributed by atoms with Gasteiger partial charge in [0.1, 0.15) is 0 Å². The molecule has 65 valence electrons. The van der Waals surface area contributed by atoms with E-state index in [0.717, 1.165) is 0 Å². The largest absolute Gasteiger partial charge is 0.289 e. The summed E-state index contributed by atoms with van der Waals surface area (Å²) in [5.74, 6) is 0. The minimum Gasteiger partial charge on any atom is -0.289 e. The zero-order chi connectivity index (χ0) is 9.02. The predicted molar refractivity (Wildman–Crippen MR) is 47.3 cm³/mol. The van der Waals surface area contributed by atoms with E-state index in [4.69, 9.17) is 0 Å². The van der Waals surface area contributed by atoms with E-state index in [2.05, 4.69) is 32.6 Å². The van der Waals surface area contributed by atoms with Gasteiger partial charge in [0.05, 0.1) is 6.04 Å². The lowest BCUT2D eigenvalue weighted by Gasteiger charge is -2.32. The highest BCUT2D eigenvalue weighted by Gasteiger charge is 2.19. The molecule has 0 aliphatic carbocycles. The van der Waals surface area contributed by atoms with Crippen molar-refractivity contribution in [3.63, 3.8) is 0 Å². The maximum atomic E-state index is 10.4. The monoisotopic (exact) mass is 156 g/mol. The van der Waals surface area contributed by atoms with Crippen LogP contribution in [0.2, 0.25) is 0 Å². The summed E-state index contributed by atoms with van der Waals surface area (Å²) in [6, 6.07) is 0.730. The molecule has 0 aromatic heterocycles. The molecule has 1 radical (unpaired) electrons. The molecule has 0 aromatic rings. The van der Waals surface area contributed by atoms with Gasteiger partial charge in [-0.1, -0.05) is 0 Å². The fourth-order valence-corrected chi connectivity index (χ4v) is 1.55. The van der Waals surface area contributed by atoms with Crippen molar-refractivity contribution >= 4 is 6.29 Å². The van der Waals surface area contributed by atoms with Crippen LogP contribution in [0.5, 0.6) is 0 Å². The summed E-state index contributed by atoms with van der Waals surface area (Å²) >= 11 is 0. The molecule has 2 heteroatoms. The van der Waals surface area contributed by atoms with Crippen LogP contribution in [-0.2, 0) is 4.79 Å². The Kier molecular flexibility index (Phi) is 4.34. The summed E-state index contributed by atoms with van der Waals surface area (Å²) < 4.78 is 0. The average molecular weight is 156 g/mol. The van der Waals surface area contributed by atoms with Crippen LogP contribution in [0.15, 0.2) is 0 Å². The van der Waals surface area contributed by atoms with E-state index in [1.54, 1.807) is 0 Å². The molecule has 1 atom stereocenters. The molecule has 0 fully saturated rings. The summed E-state index contributed by atoms with van der Waals surface area (Å²) in [4.78, 5) is 12.5. The lowest BCUT2D eigenvalue weighted by atomic mass is 10.2. The number of hydrogen-bond acceptors (Lipinski definition) is 2. The molecule has 0 rings (SSSR count). The maximum absolute atomic E-state index is 10.4. The van der Waals surface area contributed by atoms with E-state index < -0.39 is 0 Å². The Hall–Kier alpha value is -0.370. The lowest BCUT2D eigenvalue weighted by Crippen LogP contribution is -2.44. The lowest BCUT2D eigenvalue weighted by molar-refractivity contribution is 0.155. The minimum atomic E-state index is -0.0880. The van der Waals surface area contributed by atoms with E-state index in [1.807, 2.05) is 13.2 Å². The highest BCUT2D eigenvalue weighted by Crippen LogP contribution is 2.08. The smallest absolute Gasteiger partial charge is 0.216 e. The van der Waals surface area contributed by atoms with Crippen LogP contribution in [0.25, 0.3) is 0 Å². The second-order valence-electron chi connectivity index (χ2n) is 3.43. The Labute approximate surface area is 69.6 Å². The third-order valence-electron chi connectivity index (χ3n) is 1.81. The average Bonchev–Trinajstić information content (AvgIpc) is 1.85. The number of rotatable bonds is 4. The summed E-state index contributed by atoms with van der Waals surface area (Å²) in [5.41, 5.74) is 0. The van der Waals surface area contributed by atoms with Gasteiger partial charge >= 0.3 is 0 Å². The first-order valence-electron chi connectivity index (χ1n) is 4.15. The Bertz CT molecular complexity index is 113. The molecule has 0 amide bonds. The van der Waals surface area contributed by atoms with Crippen molar-refractivity contribution in [3.05, 3.63) is 0 Å². The Morgan fingerprint density at radius 3 is 1.45 bits per heavy atom. The zero-order valence-corrected chi connectivity index (χ0v) is 8.09. The van der Waals surface area contributed by atoms with Crippen LogP contribution in [0, 0.1) is 0 Å². The van der Waals surface area contributed by atoms with Crippen molar-refractivity contribution in [3.8, 4) is 0 Å². The topological polar surface area (TPSA) is 20.3 Å². The van der Waals surface area contributed by atoms with Gasteiger partial charge in [0.2, 0.25) is 6.29 Å². The van der Waals surface area contributed by atoms with Crippen LogP contribution < -0.4 is 0 Å². The summed E-state index contributed by atoms with van der Waals surface area (Å²) in [6.45, 7) is 10.2. The fraction of sp³-hybridized carbons (Fsp3) is 0.889. The second-order valence-corrected chi connectivity index (χ2v) is 3.43. The highest BCUT2D eigenvalue weighted by atomic mass is 16.1. The predicted octanol–water partition coefficient (Wildman–Crippen LogP) is 1.60. The van der Waals surface area contributed by atoms with Gasteiger partial charge < -0.3 is 0 Å². The van der Waals surface area contributed by atoms with Gasteiger partial charge in [-0.2, -0.15) is 0 Å². The highest BCUT2D eigenvalue weighted by molar-refractivity contribution is 5.57. The second kappa shape index (κ2) is 4.50. The molecule has 0 N–H and O–H groups in total. The molecule has 0 saturated heterocycles. The summed E-state index contributed by atoms with van der Waals surface area (Å²) in [6.07, 6.45) is 2.00. The van der Waals surface area contributed by atoms with Crippen molar-refractivity contribution in [2.24, 2.45) is 0 Å². The summed E-state index contributed by atoms with van der Waals surface area (Å²) in [5, 5.41) is 0. The molecular weight excluding hydrogens is 138 g/mol. The number of carbonyl (C=O) groups excluding carboxylic acids is 1. The van der Waals surface area contributed by atoms with Gasteiger partial charge in [0.25, 0.3) is 0 Å². The van der Waals surface area contributed by atoms with Crippen molar-refractivity contribution in [1.82, 2.24) is 4.90 Å². The fourth-order valence-electron chi connectivity index (χ4n) is 1.55. The molecule has 11 heavy (non-hydrogen) atoms. The first kappa shape index (κ1) is 10.6. The van der Waals surface area contributed by atoms with Crippen LogP contribution in [0.3, 0.4) is 0 Å². The van der Waals surface area contributed by atoms with Gasteiger partial charge in [-0.3, -0.25) is 9.69 Å². The van der Waals surface area contributed by atoms with E-state index in [-0.39, 0.29) is 6.04 Å². The van der Waals surface area contributed by atoms with E-state index in [1.165, 1.54) is 0 Å². The normalized spacial score (nSPS) is 14.5. The Morgan fingerprint density at radius 2 is 1.36 bits per heavy atom. The van der Waals surface area contributed by atoms with Crippen LogP contribution >= 0.6 is 0 Å². The minimum absolute atomic E-state index is 0.0880. The van der Waals surface area contributed by atoms with Crippen LogP contribution in [-0.4, -0.2) is 29.3 Å². The maximum Gasteiger partial charge on any atom is 0.216 e. The van der Waals surface area contributed by atoms with E-state index >= 15 is 0 Å². The molecule has 0 aromatic carbocycles. The molecule has 0 aliphatic heterocycles. The van der Waals surface area contributed by atoms with Crippen molar-refractivity contribution < 1.29 is 4.79 Å². The molecule has 2 nitrogen and oxygen atoms in total. The first-order chi connectivity index (χ1) is 5.00. The van der Waals surface area contributed by atoms with Crippen LogP contribution in [0.1, 0.15) is 34.6 Å². The SMILES string of the molecule is CC(C)N(C(C)C)C(C)[C]=O. The zero-order valence-electron chi connectivity index (χ0n) is 8.09. The van der Waals surface area contributed by atoms with E-state index in [0.29, 0.717) is 12.1 Å². The first-order valence-corrected chi connectivity index (χ1v) is 4.15. The molecule has 0 bridgehead atoms. The molecule has 1 unspecified atom stereocenters. The number of hydrogen-bond donors (Lipinski definition) is 0. The van der Waals surface area contributed by atoms with E-state index in [9.17, 15) is 4.79 Å². The quantitative estimate of drug-likeness (QED) is 0.616. The van der Waals surface area contributed by atoms with Crippen molar-refractivity contribution in [2.45, 2.75) is 52.7 Å². The third kappa shape index (κ3) is 3.02. The van der Waals surface area contributed by atoms with Crippen molar-refractivity contribution in [2.75, 3.05) is 0 Å². The Morgan fingerprint density at radius 1 is 1.00 bits per heavy atom. The van der Waals surface area contributed by atoms with Gasteiger partial charge in [-0.25, -0.2) is 0 Å². The molecule has 0 heterocycles. The third-order valence-corrected chi connectivity index (χ3v) is 1.81. The van der Waals surface area contributed by atoms with Crippen molar-refractivity contribution in [1.29, 1.82) is 0 Å².